The number of carbonyl (C=O) groups excluding carboxylic acids is 1. The van der Waals surface area contributed by atoms with Crippen molar-refractivity contribution in [2.45, 2.75) is 25.2 Å². The van der Waals surface area contributed by atoms with Crippen LogP contribution in [0.5, 0.6) is 0 Å². The Bertz CT molecular complexity index is 584. The highest BCUT2D eigenvalue weighted by Gasteiger charge is 2.44. The van der Waals surface area contributed by atoms with Crippen molar-refractivity contribution in [3.05, 3.63) is 53.6 Å². The summed E-state index contributed by atoms with van der Waals surface area (Å²) in [4.78, 5) is 19.0. The van der Waals surface area contributed by atoms with E-state index in [1.807, 2.05) is 13.0 Å². The molecular weight excluding hydrogens is 238 g/mol. The lowest BCUT2D eigenvalue weighted by Crippen LogP contribution is -2.32. The third-order valence-corrected chi connectivity index (χ3v) is 3.77. The van der Waals surface area contributed by atoms with Gasteiger partial charge in [0.1, 0.15) is 11.5 Å². The van der Waals surface area contributed by atoms with E-state index in [2.05, 4.69) is 39.6 Å². The molecule has 0 radical (unpaired) electrons. The maximum atomic E-state index is 12.0. The normalized spacial score (nSPS) is 16.1. The lowest BCUT2D eigenvalue weighted by atomic mass is 9.96. The van der Waals surface area contributed by atoms with Crippen molar-refractivity contribution in [1.29, 1.82) is 0 Å². The number of aromatic nitrogens is 2. The number of amides is 1. The van der Waals surface area contributed by atoms with Gasteiger partial charge in [-0.25, -0.2) is 4.98 Å². The Hall–Kier alpha value is -2.10. The van der Waals surface area contributed by atoms with Gasteiger partial charge in [0.25, 0.3) is 5.91 Å². The first-order valence-electron chi connectivity index (χ1n) is 6.55. The smallest absolute Gasteiger partial charge is 0.269 e. The minimum atomic E-state index is -0.0807. The summed E-state index contributed by atoms with van der Waals surface area (Å²) in [5, 5.41) is 3.00. The van der Waals surface area contributed by atoms with Crippen molar-refractivity contribution >= 4 is 5.91 Å². The molecule has 1 aromatic carbocycles. The standard InChI is InChI=1S/C15H17N3O/c1-11-16-9-13(18-11)14(19)17-10-15(7-8-15)12-5-3-2-4-6-12/h2-6,9H,7-8,10H2,1H3,(H,16,18)(H,17,19). The predicted molar refractivity (Wildman–Crippen MR) is 73.0 cm³/mol. The minimum absolute atomic E-state index is 0.0807. The topological polar surface area (TPSA) is 57.8 Å². The molecule has 0 saturated heterocycles. The molecule has 1 amide bonds. The zero-order valence-electron chi connectivity index (χ0n) is 10.9. The molecule has 1 aromatic heterocycles. The van der Waals surface area contributed by atoms with E-state index in [9.17, 15) is 4.79 Å². The van der Waals surface area contributed by atoms with Crippen LogP contribution in [0.2, 0.25) is 0 Å². The van der Waals surface area contributed by atoms with E-state index in [0.29, 0.717) is 12.2 Å². The summed E-state index contributed by atoms with van der Waals surface area (Å²) in [6.07, 6.45) is 3.85. The van der Waals surface area contributed by atoms with Crippen LogP contribution < -0.4 is 5.32 Å². The van der Waals surface area contributed by atoms with E-state index in [0.717, 1.165) is 18.7 Å². The zero-order chi connectivity index (χ0) is 13.3. The number of rotatable bonds is 4. The number of nitrogens with zero attached hydrogens (tertiary/aromatic N) is 1. The van der Waals surface area contributed by atoms with Crippen LogP contribution in [-0.2, 0) is 5.41 Å². The third-order valence-electron chi connectivity index (χ3n) is 3.77. The van der Waals surface area contributed by atoms with Gasteiger partial charge in [-0.05, 0) is 25.3 Å². The molecule has 0 bridgehead atoms. The molecule has 0 spiro atoms. The maximum absolute atomic E-state index is 12.0. The molecule has 2 N–H and O–H groups in total. The van der Waals surface area contributed by atoms with Gasteiger partial charge in [0, 0.05) is 12.0 Å². The van der Waals surface area contributed by atoms with Gasteiger partial charge in [0.05, 0.1) is 6.20 Å². The zero-order valence-corrected chi connectivity index (χ0v) is 10.9. The number of benzene rings is 1. The maximum Gasteiger partial charge on any atom is 0.269 e. The molecule has 1 saturated carbocycles. The average molecular weight is 255 g/mol. The number of imidazole rings is 1. The Balaban J connectivity index is 1.65. The Kier molecular flexibility index (Phi) is 2.85. The Labute approximate surface area is 112 Å². The number of aromatic amines is 1. The fourth-order valence-corrected chi connectivity index (χ4v) is 2.39. The first-order valence-corrected chi connectivity index (χ1v) is 6.55. The Morgan fingerprint density at radius 1 is 1.37 bits per heavy atom. The van der Waals surface area contributed by atoms with Crippen molar-refractivity contribution in [1.82, 2.24) is 15.3 Å². The van der Waals surface area contributed by atoms with Crippen molar-refractivity contribution in [3.63, 3.8) is 0 Å². The summed E-state index contributed by atoms with van der Waals surface area (Å²) in [5.74, 6) is 0.678. The molecule has 3 rings (SSSR count). The van der Waals surface area contributed by atoms with Crippen LogP contribution in [0.1, 0.15) is 34.7 Å². The van der Waals surface area contributed by atoms with Crippen molar-refractivity contribution in [2.24, 2.45) is 0 Å². The molecule has 1 aliphatic rings. The predicted octanol–water partition coefficient (Wildman–Crippen LogP) is 2.18. The van der Waals surface area contributed by atoms with E-state index in [1.165, 1.54) is 5.56 Å². The van der Waals surface area contributed by atoms with Gasteiger partial charge in [-0.2, -0.15) is 0 Å². The Morgan fingerprint density at radius 3 is 2.68 bits per heavy atom. The van der Waals surface area contributed by atoms with Gasteiger partial charge in [0.2, 0.25) is 0 Å². The Morgan fingerprint density at radius 2 is 2.11 bits per heavy atom. The summed E-state index contributed by atoms with van der Waals surface area (Å²) in [6, 6.07) is 10.4. The second-order valence-corrected chi connectivity index (χ2v) is 5.21. The highest BCUT2D eigenvalue weighted by molar-refractivity contribution is 5.92. The largest absolute Gasteiger partial charge is 0.350 e. The molecule has 1 fully saturated rings. The number of hydrogen-bond donors (Lipinski definition) is 2. The van der Waals surface area contributed by atoms with Gasteiger partial charge in [0.15, 0.2) is 0 Å². The average Bonchev–Trinajstić information content (AvgIpc) is 3.12. The van der Waals surface area contributed by atoms with E-state index in [-0.39, 0.29) is 11.3 Å². The highest BCUT2D eigenvalue weighted by Crippen LogP contribution is 2.47. The summed E-state index contributed by atoms with van der Waals surface area (Å²) in [5.41, 5.74) is 1.99. The third kappa shape index (κ3) is 2.38. The quantitative estimate of drug-likeness (QED) is 0.879. The van der Waals surface area contributed by atoms with Crippen LogP contribution in [0.4, 0.5) is 0 Å². The van der Waals surface area contributed by atoms with Gasteiger partial charge < -0.3 is 10.3 Å². The van der Waals surface area contributed by atoms with Crippen LogP contribution in [0.25, 0.3) is 0 Å². The number of H-pyrrole nitrogens is 1. The van der Waals surface area contributed by atoms with Crippen molar-refractivity contribution in [2.75, 3.05) is 6.54 Å². The summed E-state index contributed by atoms with van der Waals surface area (Å²) in [7, 11) is 0. The van der Waals surface area contributed by atoms with Crippen LogP contribution in [-0.4, -0.2) is 22.4 Å². The molecule has 1 heterocycles. The molecule has 4 heteroatoms. The van der Waals surface area contributed by atoms with Crippen LogP contribution in [0.15, 0.2) is 36.5 Å². The number of hydrogen-bond acceptors (Lipinski definition) is 2. The lowest BCUT2D eigenvalue weighted by molar-refractivity contribution is 0.0945. The van der Waals surface area contributed by atoms with Gasteiger partial charge in [-0.3, -0.25) is 4.79 Å². The monoisotopic (exact) mass is 255 g/mol. The second-order valence-electron chi connectivity index (χ2n) is 5.21. The van der Waals surface area contributed by atoms with Gasteiger partial charge in [-0.1, -0.05) is 30.3 Å². The van der Waals surface area contributed by atoms with Crippen LogP contribution >= 0.6 is 0 Å². The van der Waals surface area contributed by atoms with E-state index in [4.69, 9.17) is 0 Å². The number of aryl methyl sites for hydroxylation is 1. The molecule has 0 atom stereocenters. The van der Waals surface area contributed by atoms with Crippen LogP contribution in [0, 0.1) is 6.92 Å². The van der Waals surface area contributed by atoms with Crippen molar-refractivity contribution < 1.29 is 4.79 Å². The lowest BCUT2D eigenvalue weighted by Gasteiger charge is -2.16. The SMILES string of the molecule is Cc1ncc(C(=O)NCC2(c3ccccc3)CC2)[nH]1. The minimum Gasteiger partial charge on any atom is -0.350 e. The fraction of sp³-hybridized carbons (Fsp3) is 0.333. The summed E-state index contributed by atoms with van der Waals surface area (Å²) in [6.45, 7) is 2.52. The second kappa shape index (κ2) is 4.53. The van der Waals surface area contributed by atoms with Crippen LogP contribution in [0.3, 0.4) is 0 Å². The molecular formula is C15H17N3O. The highest BCUT2D eigenvalue weighted by atomic mass is 16.1. The molecule has 4 nitrogen and oxygen atoms in total. The number of nitrogens with one attached hydrogen (secondary N) is 2. The van der Waals surface area contributed by atoms with E-state index < -0.39 is 0 Å². The molecule has 1 aliphatic carbocycles. The fourth-order valence-electron chi connectivity index (χ4n) is 2.39. The number of carbonyl (C=O) groups is 1. The molecule has 0 unspecified atom stereocenters. The molecule has 98 valence electrons. The first-order chi connectivity index (χ1) is 9.20. The van der Waals surface area contributed by atoms with E-state index >= 15 is 0 Å². The summed E-state index contributed by atoms with van der Waals surface area (Å²) < 4.78 is 0. The molecule has 0 aliphatic heterocycles. The summed E-state index contributed by atoms with van der Waals surface area (Å²) >= 11 is 0. The van der Waals surface area contributed by atoms with Gasteiger partial charge in [-0.15, -0.1) is 0 Å². The van der Waals surface area contributed by atoms with Gasteiger partial charge >= 0.3 is 0 Å². The van der Waals surface area contributed by atoms with Crippen molar-refractivity contribution in [3.8, 4) is 0 Å². The van der Waals surface area contributed by atoms with E-state index in [1.54, 1.807) is 6.20 Å². The molecule has 19 heavy (non-hydrogen) atoms. The molecule has 2 aromatic rings. The first kappa shape index (κ1) is 12.0.